The first-order valence-corrected chi connectivity index (χ1v) is 5.71. The van der Waals surface area contributed by atoms with E-state index in [1.54, 1.807) is 0 Å². The third-order valence-electron chi connectivity index (χ3n) is 2.65. The van der Waals surface area contributed by atoms with E-state index in [1.165, 1.54) is 0 Å². The van der Waals surface area contributed by atoms with Crippen LogP contribution in [0.1, 0.15) is 10.4 Å². The average Bonchev–Trinajstić information content (AvgIpc) is 2.45. The number of carboxylic acids is 2. The number of nitro groups is 1. The van der Waals surface area contributed by atoms with Gasteiger partial charge in [-0.1, -0.05) is 0 Å². The third-order valence-corrected chi connectivity index (χ3v) is 2.65. The fourth-order valence-electron chi connectivity index (χ4n) is 1.69. The molecule has 9 nitrogen and oxygen atoms in total. The summed E-state index contributed by atoms with van der Waals surface area (Å²) in [5, 5.41) is 28.0. The first kappa shape index (κ1) is 19.7. The van der Waals surface area contributed by atoms with Gasteiger partial charge in [-0.15, -0.1) is 0 Å². The smallest absolute Gasteiger partial charge is 0.387 e. The van der Waals surface area contributed by atoms with Crippen LogP contribution < -0.4 is 4.74 Å². The van der Waals surface area contributed by atoms with Crippen LogP contribution in [0.4, 0.5) is 27.6 Å². The summed E-state index contributed by atoms with van der Waals surface area (Å²) in [7, 11) is 0. The van der Waals surface area contributed by atoms with Crippen molar-refractivity contribution in [3.63, 3.8) is 0 Å². The van der Waals surface area contributed by atoms with Gasteiger partial charge in [-0.2, -0.15) is 17.6 Å². The van der Waals surface area contributed by atoms with Crippen LogP contribution in [0.15, 0.2) is 0 Å². The molecule has 14 heteroatoms. The van der Waals surface area contributed by atoms with Crippen molar-refractivity contribution in [2.45, 2.75) is 6.61 Å². The van der Waals surface area contributed by atoms with Gasteiger partial charge in [0.05, 0.1) is 4.92 Å². The van der Waals surface area contributed by atoms with Gasteiger partial charge in [0, 0.05) is 0 Å². The topological polar surface area (TPSA) is 144 Å². The van der Waals surface area contributed by atoms with Crippen LogP contribution in [0.2, 0.25) is 0 Å². The average molecular weight is 373 g/mol. The van der Waals surface area contributed by atoms with Crippen molar-refractivity contribution in [3.8, 4) is 5.75 Å². The molecule has 1 rings (SSSR count). The van der Waals surface area contributed by atoms with E-state index in [1.807, 2.05) is 0 Å². The summed E-state index contributed by atoms with van der Waals surface area (Å²) in [6.45, 7) is -3.96. The Morgan fingerprint density at radius 3 is 1.84 bits per heavy atom. The molecule has 2 N–H and O–H groups in total. The van der Waals surface area contributed by atoms with E-state index >= 15 is 0 Å². The van der Waals surface area contributed by atoms with E-state index in [0.29, 0.717) is 0 Å². The minimum absolute atomic E-state index is 1.86. The summed E-state index contributed by atoms with van der Waals surface area (Å²) < 4.78 is 68.8. The van der Waals surface area contributed by atoms with Crippen molar-refractivity contribution >= 4 is 23.4 Å². The lowest BCUT2D eigenvalue weighted by Gasteiger charge is -2.13. The Hall–Kier alpha value is -3.32. The number of halogens is 5. The Kier molecular flexibility index (Phi) is 5.57. The van der Waals surface area contributed by atoms with Gasteiger partial charge in [-0.3, -0.25) is 24.5 Å². The molecule has 0 aliphatic rings. The second kappa shape index (κ2) is 7.06. The zero-order chi connectivity index (χ0) is 19.6. The van der Waals surface area contributed by atoms with Gasteiger partial charge in [-0.05, 0) is 0 Å². The molecule has 0 aromatic heterocycles. The van der Waals surface area contributed by atoms with Gasteiger partial charge in [-0.25, -0.2) is 4.39 Å². The van der Waals surface area contributed by atoms with Gasteiger partial charge in [0.15, 0.2) is 11.6 Å². The summed E-state index contributed by atoms with van der Waals surface area (Å²) in [4.78, 5) is 42.2. The van der Waals surface area contributed by atoms with E-state index < -0.39 is 69.6 Å². The van der Waals surface area contributed by atoms with Crippen molar-refractivity contribution in [1.82, 2.24) is 0 Å². The van der Waals surface area contributed by atoms with Gasteiger partial charge in [0.1, 0.15) is 5.56 Å². The van der Waals surface area contributed by atoms with Crippen molar-refractivity contribution in [3.05, 3.63) is 33.1 Å². The Balaban J connectivity index is 3.86. The zero-order valence-electron chi connectivity index (χ0n) is 11.3. The lowest BCUT2D eigenvalue weighted by Crippen LogP contribution is -2.33. The molecule has 0 radical (unpaired) electrons. The van der Waals surface area contributed by atoms with E-state index in [-0.39, 0.29) is 0 Å². The summed E-state index contributed by atoms with van der Waals surface area (Å²) in [6.07, 6.45) is 0. The molecule has 1 aromatic carbocycles. The monoisotopic (exact) mass is 373 g/mol. The Bertz CT molecular complexity index is 766. The van der Waals surface area contributed by atoms with E-state index in [4.69, 9.17) is 10.2 Å². The number of carboxylic acid groups (broad SMARTS) is 2. The number of ketones is 1. The van der Waals surface area contributed by atoms with Gasteiger partial charge in [0.25, 0.3) is 0 Å². The molecule has 0 unspecified atom stereocenters. The third kappa shape index (κ3) is 3.61. The summed E-state index contributed by atoms with van der Waals surface area (Å²) in [6, 6.07) is 0. The highest BCUT2D eigenvalue weighted by molar-refractivity contribution is 6.21. The highest BCUT2D eigenvalue weighted by Gasteiger charge is 2.44. The Morgan fingerprint density at radius 1 is 1.00 bits per heavy atom. The van der Waals surface area contributed by atoms with Crippen molar-refractivity contribution < 1.29 is 56.2 Å². The number of carbonyl (C=O) groups is 3. The fourth-order valence-corrected chi connectivity index (χ4v) is 1.69. The summed E-state index contributed by atoms with van der Waals surface area (Å²) in [5.41, 5.74) is -4.44. The molecule has 0 spiro atoms. The zero-order valence-corrected chi connectivity index (χ0v) is 11.3. The predicted octanol–water partition coefficient (Wildman–Crippen LogP) is 1.58. The number of rotatable bonds is 7. The van der Waals surface area contributed by atoms with Crippen LogP contribution in [0.25, 0.3) is 0 Å². The van der Waals surface area contributed by atoms with Crippen LogP contribution in [-0.2, 0) is 9.59 Å². The first-order valence-electron chi connectivity index (χ1n) is 5.71. The second-order valence-electron chi connectivity index (χ2n) is 4.10. The molecule has 0 atom stereocenters. The molecule has 0 fully saturated rings. The van der Waals surface area contributed by atoms with Crippen molar-refractivity contribution in [2.75, 3.05) is 0 Å². The summed E-state index contributed by atoms with van der Waals surface area (Å²) in [5.74, 6) is -20.4. The molecule has 136 valence electrons. The molecule has 0 aliphatic heterocycles. The maximum absolute atomic E-state index is 14.1. The number of alkyl halides is 2. The van der Waals surface area contributed by atoms with Gasteiger partial charge in [0.2, 0.25) is 23.3 Å². The number of nitro benzene ring substituents is 1. The minimum Gasteiger partial charge on any atom is -0.480 e. The Labute approximate surface area is 132 Å². The quantitative estimate of drug-likeness (QED) is 0.183. The molecule has 0 amide bonds. The predicted molar refractivity (Wildman–Crippen MR) is 62.7 cm³/mol. The van der Waals surface area contributed by atoms with Crippen molar-refractivity contribution in [2.24, 2.45) is 5.92 Å². The highest BCUT2D eigenvalue weighted by atomic mass is 19.3. The highest BCUT2D eigenvalue weighted by Crippen LogP contribution is 2.37. The molecule has 0 heterocycles. The van der Waals surface area contributed by atoms with E-state index in [0.717, 1.165) is 0 Å². The summed E-state index contributed by atoms with van der Waals surface area (Å²) >= 11 is 0. The van der Waals surface area contributed by atoms with E-state index in [2.05, 4.69) is 4.74 Å². The number of hydrogen-bond acceptors (Lipinski definition) is 6. The van der Waals surface area contributed by atoms with Crippen LogP contribution in [0.3, 0.4) is 0 Å². The fraction of sp³-hybridized carbons (Fsp3) is 0.182. The number of aliphatic carboxylic acids is 2. The normalized spacial score (nSPS) is 10.8. The number of nitrogens with zero attached hydrogens (tertiary/aromatic N) is 1. The number of benzene rings is 1. The lowest BCUT2D eigenvalue weighted by molar-refractivity contribution is -0.388. The maximum Gasteiger partial charge on any atom is 0.387 e. The molecule has 0 saturated heterocycles. The van der Waals surface area contributed by atoms with Crippen LogP contribution in [-0.4, -0.2) is 39.5 Å². The van der Waals surface area contributed by atoms with Gasteiger partial charge < -0.3 is 14.9 Å². The lowest BCUT2D eigenvalue weighted by atomic mass is 9.95. The number of ether oxygens (including phenoxy) is 1. The molecular weight excluding hydrogens is 369 g/mol. The molecular formula is C11H4F5NO8. The van der Waals surface area contributed by atoms with E-state index in [9.17, 15) is 46.5 Å². The molecule has 0 saturated carbocycles. The standard InChI is InChI=1S/C11H4F5NO8/c12-3-1(7(18)2(9(19)20)10(21)22)6(17(23)24)4(13)5(14)8(3)25-11(15)16/h2,11H,(H,19,20)(H,21,22). The molecule has 0 bridgehead atoms. The number of hydrogen-bond donors (Lipinski definition) is 2. The molecule has 1 aromatic rings. The SMILES string of the molecule is O=C(O)C(C(=O)O)C(=O)c1c(F)c(OC(F)F)c(F)c(F)c1[N+](=O)[O-]. The van der Waals surface area contributed by atoms with Crippen molar-refractivity contribution in [1.29, 1.82) is 0 Å². The number of carbonyl (C=O) groups excluding carboxylic acids is 1. The first-order chi connectivity index (χ1) is 11.4. The molecule has 25 heavy (non-hydrogen) atoms. The largest absolute Gasteiger partial charge is 0.480 e. The van der Waals surface area contributed by atoms with Crippen LogP contribution in [0, 0.1) is 33.5 Å². The van der Waals surface area contributed by atoms with Crippen LogP contribution >= 0.6 is 0 Å². The number of Topliss-reactive ketones (excluding diaryl/α,β-unsaturated/α-hetero) is 1. The minimum atomic E-state index is -3.96. The Morgan fingerprint density at radius 2 is 1.48 bits per heavy atom. The van der Waals surface area contributed by atoms with Gasteiger partial charge >= 0.3 is 24.2 Å². The maximum atomic E-state index is 14.1. The van der Waals surface area contributed by atoms with Crippen LogP contribution in [0.5, 0.6) is 5.75 Å². The second-order valence-corrected chi connectivity index (χ2v) is 4.10. The molecule has 0 aliphatic carbocycles.